The lowest BCUT2D eigenvalue weighted by atomic mass is 10.1. The van der Waals surface area contributed by atoms with Crippen molar-refractivity contribution < 1.29 is 22.4 Å². The van der Waals surface area contributed by atoms with Crippen molar-refractivity contribution in [3.63, 3.8) is 0 Å². The van der Waals surface area contributed by atoms with Crippen LogP contribution in [0.25, 0.3) is 0 Å². The first-order chi connectivity index (χ1) is 18.3. The number of carbonyl (C=O) groups excluding carboxylic acids is 2. The van der Waals surface area contributed by atoms with Crippen molar-refractivity contribution in [3.8, 4) is 0 Å². The summed E-state index contributed by atoms with van der Waals surface area (Å²) in [4.78, 5) is 28.0. The van der Waals surface area contributed by atoms with Gasteiger partial charge in [-0.25, -0.2) is 12.8 Å². The zero-order chi connectivity index (χ0) is 28.9. The van der Waals surface area contributed by atoms with Crippen LogP contribution in [0.5, 0.6) is 0 Å². The van der Waals surface area contributed by atoms with Gasteiger partial charge in [0.1, 0.15) is 18.4 Å². The minimum Gasteiger partial charge on any atom is -0.352 e. The number of nitrogens with one attached hydrogen (secondary N) is 1. The minimum atomic E-state index is -4.29. The molecule has 0 fully saturated rings. The molecule has 3 aromatic rings. The van der Waals surface area contributed by atoms with Gasteiger partial charge in [-0.15, -0.1) is 0 Å². The van der Waals surface area contributed by atoms with Crippen LogP contribution in [0, 0.1) is 12.7 Å². The number of rotatable bonds is 10. The Balaban J connectivity index is 2.07. The van der Waals surface area contributed by atoms with Crippen LogP contribution < -0.4 is 9.62 Å². The van der Waals surface area contributed by atoms with E-state index >= 15 is 0 Å². The summed E-state index contributed by atoms with van der Waals surface area (Å²) in [5.74, 6) is -1.54. The molecule has 0 radical (unpaired) electrons. The normalized spacial score (nSPS) is 12.2. The smallest absolute Gasteiger partial charge is 0.264 e. The number of anilines is 1. The van der Waals surface area contributed by atoms with Crippen LogP contribution in [0.3, 0.4) is 0 Å². The van der Waals surface area contributed by atoms with Gasteiger partial charge < -0.3 is 10.2 Å². The molecule has 3 aromatic carbocycles. The third-order valence-corrected chi connectivity index (χ3v) is 8.26. The van der Waals surface area contributed by atoms with E-state index in [9.17, 15) is 22.4 Å². The Morgan fingerprint density at radius 1 is 0.949 bits per heavy atom. The Hall–Kier alpha value is -3.14. The number of hydrogen-bond acceptors (Lipinski definition) is 4. The number of amides is 2. The summed E-state index contributed by atoms with van der Waals surface area (Å²) in [6.45, 7) is 6.21. The average molecular weight is 595 g/mol. The van der Waals surface area contributed by atoms with Crippen LogP contribution in [0.1, 0.15) is 31.9 Å². The van der Waals surface area contributed by atoms with Crippen molar-refractivity contribution in [1.29, 1.82) is 0 Å². The number of benzene rings is 3. The lowest BCUT2D eigenvalue weighted by molar-refractivity contribution is -0.139. The van der Waals surface area contributed by atoms with Crippen LogP contribution in [0.15, 0.2) is 71.6 Å². The first-order valence-corrected chi connectivity index (χ1v) is 14.4. The van der Waals surface area contributed by atoms with Gasteiger partial charge in [-0.3, -0.25) is 13.9 Å². The van der Waals surface area contributed by atoms with Gasteiger partial charge in [0.05, 0.1) is 15.6 Å². The van der Waals surface area contributed by atoms with E-state index in [4.69, 9.17) is 23.2 Å². The molecular formula is C28H30Cl2FN3O4S. The van der Waals surface area contributed by atoms with Crippen LogP contribution in [0.4, 0.5) is 10.1 Å². The summed E-state index contributed by atoms with van der Waals surface area (Å²) in [5, 5.41) is 3.06. The van der Waals surface area contributed by atoms with Crippen LogP contribution in [-0.2, 0) is 26.2 Å². The summed E-state index contributed by atoms with van der Waals surface area (Å²) >= 11 is 12.6. The monoisotopic (exact) mass is 593 g/mol. The van der Waals surface area contributed by atoms with Crippen molar-refractivity contribution >= 4 is 50.7 Å². The second-order valence-electron chi connectivity index (χ2n) is 9.41. The predicted octanol–water partition coefficient (Wildman–Crippen LogP) is 5.58. The summed E-state index contributed by atoms with van der Waals surface area (Å²) in [6, 6.07) is 14.8. The van der Waals surface area contributed by atoms with Gasteiger partial charge in [-0.2, -0.15) is 0 Å². The van der Waals surface area contributed by atoms with Crippen molar-refractivity contribution in [2.75, 3.05) is 10.8 Å². The molecule has 3 rings (SSSR count). The van der Waals surface area contributed by atoms with E-state index in [2.05, 4.69) is 5.32 Å². The van der Waals surface area contributed by atoms with Gasteiger partial charge >= 0.3 is 0 Å². The molecule has 0 aliphatic carbocycles. The molecule has 208 valence electrons. The maximum atomic E-state index is 13.8. The van der Waals surface area contributed by atoms with Crippen LogP contribution in [0.2, 0.25) is 10.0 Å². The maximum Gasteiger partial charge on any atom is 0.264 e. The van der Waals surface area contributed by atoms with Crippen molar-refractivity contribution in [1.82, 2.24) is 10.2 Å². The number of aryl methyl sites for hydroxylation is 1. The molecule has 0 unspecified atom stereocenters. The molecule has 0 heterocycles. The Bertz CT molecular complexity index is 1430. The topological polar surface area (TPSA) is 86.8 Å². The molecule has 2 amide bonds. The minimum absolute atomic E-state index is 0.0131. The van der Waals surface area contributed by atoms with E-state index < -0.39 is 40.2 Å². The Kier molecular flexibility index (Phi) is 9.98. The summed E-state index contributed by atoms with van der Waals surface area (Å²) in [6.07, 6.45) is 0. The highest BCUT2D eigenvalue weighted by molar-refractivity contribution is 7.92. The predicted molar refractivity (Wildman–Crippen MR) is 152 cm³/mol. The molecule has 7 nitrogen and oxygen atoms in total. The van der Waals surface area contributed by atoms with Gasteiger partial charge in [-0.05, 0) is 75.7 Å². The molecule has 11 heteroatoms. The Morgan fingerprint density at radius 3 is 2.15 bits per heavy atom. The summed E-state index contributed by atoms with van der Waals surface area (Å²) in [7, 11) is -4.29. The van der Waals surface area contributed by atoms with Gasteiger partial charge in [0.15, 0.2) is 0 Å². The molecule has 0 aliphatic heterocycles. The van der Waals surface area contributed by atoms with E-state index in [0.717, 1.165) is 9.87 Å². The first-order valence-electron chi connectivity index (χ1n) is 12.2. The SMILES string of the molecule is Cc1ccc(S(=O)(=O)N(CC(=O)N(Cc2ccc(F)cc2)[C@H](C)C(=O)NC(C)C)c2cc(Cl)ccc2Cl)cc1. The van der Waals surface area contributed by atoms with Crippen molar-refractivity contribution in [2.24, 2.45) is 0 Å². The number of sulfonamides is 1. The number of nitrogens with zero attached hydrogens (tertiary/aromatic N) is 2. The molecule has 1 atom stereocenters. The van der Waals surface area contributed by atoms with Crippen LogP contribution >= 0.6 is 23.2 Å². The van der Waals surface area contributed by atoms with E-state index in [0.29, 0.717) is 5.56 Å². The fourth-order valence-electron chi connectivity index (χ4n) is 3.80. The average Bonchev–Trinajstić information content (AvgIpc) is 2.87. The third kappa shape index (κ3) is 7.71. The fraction of sp³-hybridized carbons (Fsp3) is 0.286. The molecule has 39 heavy (non-hydrogen) atoms. The number of halogens is 3. The molecular weight excluding hydrogens is 564 g/mol. The van der Waals surface area contributed by atoms with Gasteiger partial charge in [-0.1, -0.05) is 53.0 Å². The highest BCUT2D eigenvalue weighted by Gasteiger charge is 2.33. The molecule has 0 bridgehead atoms. The number of carbonyl (C=O) groups is 2. The van der Waals surface area contributed by atoms with Crippen molar-refractivity contribution in [2.45, 2.75) is 51.2 Å². The highest BCUT2D eigenvalue weighted by Crippen LogP contribution is 2.33. The number of hydrogen-bond donors (Lipinski definition) is 1. The zero-order valence-electron chi connectivity index (χ0n) is 22.0. The Labute approximate surface area is 238 Å². The van der Waals surface area contributed by atoms with E-state index in [1.165, 1.54) is 59.5 Å². The van der Waals surface area contributed by atoms with E-state index in [1.54, 1.807) is 32.9 Å². The molecule has 0 spiro atoms. The second kappa shape index (κ2) is 12.8. The Morgan fingerprint density at radius 2 is 1.56 bits per heavy atom. The summed E-state index contributed by atoms with van der Waals surface area (Å²) < 4.78 is 42.1. The lowest BCUT2D eigenvalue weighted by Crippen LogP contribution is -2.52. The fourth-order valence-corrected chi connectivity index (χ4v) is 5.66. The van der Waals surface area contributed by atoms with Gasteiger partial charge in [0, 0.05) is 17.6 Å². The lowest BCUT2D eigenvalue weighted by Gasteiger charge is -2.32. The maximum absolute atomic E-state index is 13.8. The third-order valence-electron chi connectivity index (χ3n) is 5.93. The first kappa shape index (κ1) is 30.4. The molecule has 0 saturated heterocycles. The quantitative estimate of drug-likeness (QED) is 0.332. The molecule has 0 aliphatic rings. The zero-order valence-corrected chi connectivity index (χ0v) is 24.3. The van der Waals surface area contributed by atoms with Gasteiger partial charge in [0.2, 0.25) is 11.8 Å². The van der Waals surface area contributed by atoms with Crippen molar-refractivity contribution in [3.05, 3.63) is 93.7 Å². The summed E-state index contributed by atoms with van der Waals surface area (Å²) in [5.41, 5.74) is 1.43. The molecule has 0 aromatic heterocycles. The standard InChI is InChI=1S/C28H30Cl2FN3O4S/c1-18(2)32-28(36)20(4)33(16-21-7-10-23(31)11-8-21)27(35)17-34(26-15-22(29)9-14-25(26)30)39(37,38)24-12-5-19(3)6-13-24/h5-15,18,20H,16-17H2,1-4H3,(H,32,36)/t20-/m1/s1. The highest BCUT2D eigenvalue weighted by atomic mass is 35.5. The van der Waals surface area contributed by atoms with E-state index in [1.807, 2.05) is 6.92 Å². The van der Waals surface area contributed by atoms with E-state index in [-0.39, 0.29) is 33.2 Å². The largest absolute Gasteiger partial charge is 0.352 e. The second-order valence-corrected chi connectivity index (χ2v) is 12.1. The van der Waals surface area contributed by atoms with Crippen LogP contribution in [-0.4, -0.2) is 43.8 Å². The molecule has 0 saturated carbocycles. The van der Waals surface area contributed by atoms with Gasteiger partial charge in [0.25, 0.3) is 10.0 Å². The molecule has 1 N–H and O–H groups in total.